The summed E-state index contributed by atoms with van der Waals surface area (Å²) in [6, 6.07) is 13.5. The Bertz CT molecular complexity index is 801. The number of carbonyl (C=O) groups is 2. The van der Waals surface area contributed by atoms with Gasteiger partial charge < -0.3 is 14.8 Å². The van der Waals surface area contributed by atoms with Gasteiger partial charge in [0.15, 0.2) is 23.5 Å². The van der Waals surface area contributed by atoms with Gasteiger partial charge in [-0.3, -0.25) is 9.59 Å². The lowest BCUT2D eigenvalue weighted by atomic mass is 10.00. The molecule has 0 spiro atoms. The number of anilines is 1. The second-order valence-corrected chi connectivity index (χ2v) is 5.03. The third-order valence-electron chi connectivity index (χ3n) is 3.42. The molecule has 1 aromatic heterocycles. The highest BCUT2D eigenvalue weighted by atomic mass is 16.6. The lowest BCUT2D eigenvalue weighted by Gasteiger charge is -2.26. The molecular weight excluding hydrogens is 310 g/mol. The minimum atomic E-state index is -1.51. The van der Waals surface area contributed by atoms with Crippen LogP contribution in [0.3, 0.4) is 0 Å². The number of hydrogen-bond acceptors (Lipinski definition) is 6. The molecule has 1 aromatic carbocycles. The number of Topliss-reactive ketones (excluding diaryl/α,β-unsaturated/α-hetero) is 1. The summed E-state index contributed by atoms with van der Waals surface area (Å²) < 4.78 is 11.0. The van der Waals surface area contributed by atoms with Crippen molar-refractivity contribution in [3.8, 4) is 17.6 Å². The van der Waals surface area contributed by atoms with Gasteiger partial charge in [0, 0.05) is 6.20 Å². The van der Waals surface area contributed by atoms with Gasteiger partial charge in [0.1, 0.15) is 12.4 Å². The first-order chi connectivity index (χ1) is 11.7. The Morgan fingerprint density at radius 1 is 1.21 bits per heavy atom. The molecule has 0 unspecified atom stereocenters. The van der Waals surface area contributed by atoms with Crippen LogP contribution in [-0.2, 0) is 9.59 Å². The largest absolute Gasteiger partial charge is 0.485 e. The minimum Gasteiger partial charge on any atom is -0.485 e. The molecule has 1 aliphatic rings. The van der Waals surface area contributed by atoms with Crippen LogP contribution in [0.4, 0.5) is 5.82 Å². The molecule has 7 nitrogen and oxygen atoms in total. The summed E-state index contributed by atoms with van der Waals surface area (Å²) in [5.74, 6) is -1.71. The quantitative estimate of drug-likeness (QED) is 0.857. The molecule has 2 atom stereocenters. The van der Waals surface area contributed by atoms with Gasteiger partial charge in [0.2, 0.25) is 5.78 Å². The van der Waals surface area contributed by atoms with Crippen molar-refractivity contribution in [3.05, 3.63) is 48.7 Å². The summed E-state index contributed by atoms with van der Waals surface area (Å²) in [4.78, 5) is 28.6. The van der Waals surface area contributed by atoms with Crippen molar-refractivity contribution in [1.29, 1.82) is 5.26 Å². The monoisotopic (exact) mass is 323 g/mol. The summed E-state index contributed by atoms with van der Waals surface area (Å²) >= 11 is 0. The van der Waals surface area contributed by atoms with E-state index in [1.807, 2.05) is 0 Å². The average Bonchev–Trinajstić information content (AvgIpc) is 2.62. The van der Waals surface area contributed by atoms with E-state index in [4.69, 9.17) is 9.47 Å². The van der Waals surface area contributed by atoms with Crippen LogP contribution >= 0.6 is 0 Å². The first kappa shape index (κ1) is 15.5. The molecule has 1 amide bonds. The highest BCUT2D eigenvalue weighted by Gasteiger charge is 2.36. The number of nitrogens with one attached hydrogen (secondary N) is 1. The molecule has 24 heavy (non-hydrogen) atoms. The summed E-state index contributed by atoms with van der Waals surface area (Å²) in [7, 11) is 0. The molecule has 3 rings (SSSR count). The molecule has 0 fully saturated rings. The molecule has 1 N–H and O–H groups in total. The van der Waals surface area contributed by atoms with Crippen molar-refractivity contribution < 1.29 is 19.1 Å². The lowest BCUT2D eigenvalue weighted by Crippen LogP contribution is -2.43. The van der Waals surface area contributed by atoms with Crippen LogP contribution in [0.15, 0.2) is 48.7 Å². The minimum absolute atomic E-state index is 0.0507. The van der Waals surface area contributed by atoms with Crippen molar-refractivity contribution in [2.75, 3.05) is 11.9 Å². The number of para-hydroxylation sites is 2. The van der Waals surface area contributed by atoms with Crippen LogP contribution in [0.25, 0.3) is 0 Å². The van der Waals surface area contributed by atoms with Gasteiger partial charge in [-0.1, -0.05) is 18.2 Å². The zero-order chi connectivity index (χ0) is 16.9. The van der Waals surface area contributed by atoms with Gasteiger partial charge in [0.25, 0.3) is 5.91 Å². The van der Waals surface area contributed by atoms with Gasteiger partial charge in [-0.15, -0.1) is 0 Å². The average molecular weight is 323 g/mol. The van der Waals surface area contributed by atoms with Crippen molar-refractivity contribution in [2.45, 2.75) is 6.10 Å². The number of pyridine rings is 1. The van der Waals surface area contributed by atoms with Gasteiger partial charge in [-0.05, 0) is 24.3 Å². The Morgan fingerprint density at radius 2 is 1.96 bits per heavy atom. The molecule has 2 aromatic rings. The number of rotatable bonds is 4. The Morgan fingerprint density at radius 3 is 2.67 bits per heavy atom. The Hall–Kier alpha value is -3.40. The van der Waals surface area contributed by atoms with E-state index in [2.05, 4.69) is 10.3 Å². The number of ketones is 1. The first-order valence-electron chi connectivity index (χ1n) is 7.23. The number of aromatic nitrogens is 1. The Kier molecular flexibility index (Phi) is 4.38. The maximum Gasteiger partial charge on any atom is 0.250 e. The van der Waals surface area contributed by atoms with E-state index in [0.29, 0.717) is 11.5 Å². The van der Waals surface area contributed by atoms with Crippen LogP contribution in [0.5, 0.6) is 11.5 Å². The summed E-state index contributed by atoms with van der Waals surface area (Å²) in [6.45, 7) is -0.0507. The second-order valence-electron chi connectivity index (χ2n) is 5.03. The van der Waals surface area contributed by atoms with E-state index in [1.165, 1.54) is 6.20 Å². The van der Waals surface area contributed by atoms with E-state index in [1.54, 1.807) is 48.5 Å². The molecule has 0 saturated carbocycles. The number of nitrogens with zero attached hydrogens (tertiary/aromatic N) is 2. The predicted octanol–water partition coefficient (Wildman–Crippen LogP) is 1.57. The number of fused-ring (bicyclic) bond motifs is 1. The number of nitriles is 1. The standard InChI is InChI=1S/C17H13N3O4/c18-9-11(17(22)20-15-7-3-4-8-19-15)16(21)14-10-23-12-5-1-2-6-13(12)24-14/h1-8,11,14H,10H2,(H,19,20,22)/t11-,14-/m1/s1. The highest BCUT2D eigenvalue weighted by molar-refractivity contribution is 6.10. The Balaban J connectivity index is 1.71. The summed E-state index contributed by atoms with van der Waals surface area (Å²) in [5.41, 5.74) is 0. The fourth-order valence-electron chi connectivity index (χ4n) is 2.23. The van der Waals surface area contributed by atoms with Crippen LogP contribution in [0.2, 0.25) is 0 Å². The summed E-state index contributed by atoms with van der Waals surface area (Å²) in [6.07, 6.45) is 0.479. The van der Waals surface area contributed by atoms with Crippen LogP contribution in [0, 0.1) is 17.2 Å². The van der Waals surface area contributed by atoms with Crippen molar-refractivity contribution in [2.24, 2.45) is 5.92 Å². The maximum absolute atomic E-state index is 12.5. The van der Waals surface area contributed by atoms with Gasteiger partial charge >= 0.3 is 0 Å². The van der Waals surface area contributed by atoms with E-state index in [-0.39, 0.29) is 12.4 Å². The van der Waals surface area contributed by atoms with Crippen LogP contribution in [-0.4, -0.2) is 29.4 Å². The molecule has 2 heterocycles. The number of benzene rings is 1. The van der Waals surface area contributed by atoms with E-state index >= 15 is 0 Å². The van der Waals surface area contributed by atoms with Gasteiger partial charge in [0.05, 0.1) is 6.07 Å². The summed E-state index contributed by atoms with van der Waals surface area (Å²) in [5, 5.41) is 11.7. The van der Waals surface area contributed by atoms with E-state index in [9.17, 15) is 14.9 Å². The number of hydrogen-bond donors (Lipinski definition) is 1. The molecule has 7 heteroatoms. The smallest absolute Gasteiger partial charge is 0.250 e. The third kappa shape index (κ3) is 3.17. The topological polar surface area (TPSA) is 101 Å². The van der Waals surface area contributed by atoms with Gasteiger partial charge in [-0.25, -0.2) is 4.98 Å². The first-order valence-corrected chi connectivity index (χ1v) is 7.23. The zero-order valence-electron chi connectivity index (χ0n) is 12.5. The zero-order valence-corrected chi connectivity index (χ0v) is 12.5. The number of amides is 1. The van der Waals surface area contributed by atoms with Crippen molar-refractivity contribution in [3.63, 3.8) is 0 Å². The normalized spacial score (nSPS) is 16.5. The predicted molar refractivity (Wildman–Crippen MR) is 83.3 cm³/mol. The van der Waals surface area contributed by atoms with Gasteiger partial charge in [-0.2, -0.15) is 5.26 Å². The van der Waals surface area contributed by atoms with E-state index < -0.39 is 23.7 Å². The van der Waals surface area contributed by atoms with Crippen molar-refractivity contribution in [1.82, 2.24) is 4.98 Å². The van der Waals surface area contributed by atoms with Crippen LogP contribution < -0.4 is 14.8 Å². The number of ether oxygens (including phenoxy) is 2. The fraction of sp³-hybridized carbons (Fsp3) is 0.176. The molecular formula is C17H13N3O4. The lowest BCUT2D eigenvalue weighted by molar-refractivity contribution is -0.135. The fourth-order valence-corrected chi connectivity index (χ4v) is 2.23. The molecule has 0 saturated heterocycles. The molecule has 1 aliphatic heterocycles. The maximum atomic E-state index is 12.5. The molecule has 0 radical (unpaired) electrons. The van der Waals surface area contributed by atoms with Crippen molar-refractivity contribution >= 4 is 17.5 Å². The molecule has 0 bridgehead atoms. The number of carbonyl (C=O) groups excluding carboxylic acids is 2. The Labute approximate surface area is 137 Å². The molecule has 120 valence electrons. The highest BCUT2D eigenvalue weighted by Crippen LogP contribution is 2.31. The molecule has 0 aliphatic carbocycles. The second kappa shape index (κ2) is 6.79. The van der Waals surface area contributed by atoms with Crippen LogP contribution in [0.1, 0.15) is 0 Å². The SMILES string of the molecule is N#C[C@@H](C(=O)Nc1ccccn1)C(=O)[C@H]1COc2ccccc2O1. The van der Waals surface area contributed by atoms with E-state index in [0.717, 1.165) is 0 Å². The third-order valence-corrected chi connectivity index (χ3v) is 3.42.